The summed E-state index contributed by atoms with van der Waals surface area (Å²) in [4.78, 5) is 29.8. The summed E-state index contributed by atoms with van der Waals surface area (Å²) < 4.78 is 29.2. The lowest BCUT2D eigenvalue weighted by atomic mass is 9.72. The molecule has 9 heteroatoms. The summed E-state index contributed by atoms with van der Waals surface area (Å²) in [6, 6.07) is 1.01. The molecule has 3 saturated carbocycles. The van der Waals surface area contributed by atoms with Crippen LogP contribution in [0.2, 0.25) is 0 Å². The Hall–Kier alpha value is -1.95. The molecule has 3 aliphatic carbocycles. The Balaban J connectivity index is 1.16. The minimum absolute atomic E-state index is 0.00930. The quantitative estimate of drug-likeness (QED) is 0.596. The van der Waals surface area contributed by atoms with Crippen molar-refractivity contribution in [1.82, 2.24) is 20.4 Å². The number of nitrogens with zero attached hydrogens (tertiary/aromatic N) is 3. The number of nitriles is 1. The average molecular weight is 450 g/mol. The number of halogens is 2. The molecule has 0 bridgehead atoms. The van der Waals surface area contributed by atoms with Gasteiger partial charge in [0, 0.05) is 37.4 Å². The number of hydrogen-bond acceptors (Lipinski definition) is 4. The van der Waals surface area contributed by atoms with Crippen LogP contribution in [-0.4, -0.2) is 71.5 Å². The monoisotopic (exact) mass is 449 g/mol. The molecule has 0 unspecified atom stereocenters. The van der Waals surface area contributed by atoms with Crippen molar-refractivity contribution in [2.75, 3.05) is 26.2 Å². The summed E-state index contributed by atoms with van der Waals surface area (Å²) in [6.45, 7) is 3.36. The SMILES string of the molecule is N#CC1(NC(=O)[C@H](CC(F)(F)CC2CC2)NC(=O)N2CC3(CCN(C4CC4)CC3)C2)CC1. The van der Waals surface area contributed by atoms with Crippen molar-refractivity contribution in [2.24, 2.45) is 11.3 Å². The number of likely N-dealkylation sites (tertiary alicyclic amines) is 2. The van der Waals surface area contributed by atoms with E-state index in [2.05, 4.69) is 15.5 Å². The lowest BCUT2D eigenvalue weighted by Gasteiger charge is -2.54. The molecular weight excluding hydrogens is 416 g/mol. The van der Waals surface area contributed by atoms with Crippen LogP contribution >= 0.6 is 0 Å². The minimum Gasteiger partial charge on any atom is -0.336 e. The molecule has 0 aromatic rings. The smallest absolute Gasteiger partial charge is 0.318 e. The van der Waals surface area contributed by atoms with Gasteiger partial charge >= 0.3 is 6.03 Å². The summed E-state index contributed by atoms with van der Waals surface area (Å²) in [7, 11) is 0. The first-order valence-electron chi connectivity index (χ1n) is 12.1. The molecule has 1 spiro atoms. The van der Waals surface area contributed by atoms with Gasteiger partial charge in [-0.3, -0.25) is 4.79 Å². The van der Waals surface area contributed by atoms with Gasteiger partial charge in [0.2, 0.25) is 5.91 Å². The Labute approximate surface area is 187 Å². The van der Waals surface area contributed by atoms with E-state index in [1.54, 1.807) is 4.90 Å². The maximum absolute atomic E-state index is 14.6. The van der Waals surface area contributed by atoms with Crippen LogP contribution < -0.4 is 10.6 Å². The Morgan fingerprint density at radius 2 is 1.75 bits per heavy atom. The van der Waals surface area contributed by atoms with Crippen molar-refractivity contribution in [3.63, 3.8) is 0 Å². The molecule has 7 nitrogen and oxygen atoms in total. The number of rotatable bonds is 8. The Kier molecular flexibility index (Phi) is 5.35. The molecule has 32 heavy (non-hydrogen) atoms. The number of carbonyl (C=O) groups excluding carboxylic acids is 2. The van der Waals surface area contributed by atoms with Gasteiger partial charge in [-0.2, -0.15) is 5.26 Å². The standard InChI is InChI=1S/C23H33F2N5O2/c24-23(25,11-16-1-2-16)12-18(19(31)28-22(13-26)5-6-22)27-20(32)30-14-21(15-30)7-9-29(10-8-21)17-3-4-17/h16-18H,1-12,14-15H2,(H,27,32)(H,28,31)/t18-/m0/s1. The molecule has 5 fully saturated rings. The number of amides is 3. The zero-order valence-corrected chi connectivity index (χ0v) is 18.5. The number of carbonyl (C=O) groups is 2. The van der Waals surface area contributed by atoms with Gasteiger partial charge in [0.15, 0.2) is 0 Å². The van der Waals surface area contributed by atoms with Gasteiger partial charge in [-0.05, 0) is 70.4 Å². The molecule has 0 aromatic carbocycles. The van der Waals surface area contributed by atoms with Crippen molar-refractivity contribution in [2.45, 2.75) is 87.8 Å². The molecule has 176 valence electrons. The predicted octanol–water partition coefficient (Wildman–Crippen LogP) is 2.62. The highest BCUT2D eigenvalue weighted by Crippen LogP contribution is 2.43. The maximum Gasteiger partial charge on any atom is 0.318 e. The minimum atomic E-state index is -3.02. The summed E-state index contributed by atoms with van der Waals surface area (Å²) in [5.74, 6) is -3.69. The van der Waals surface area contributed by atoms with E-state index in [4.69, 9.17) is 0 Å². The van der Waals surface area contributed by atoms with Gasteiger partial charge in [-0.1, -0.05) is 0 Å². The molecule has 0 aromatic heterocycles. The van der Waals surface area contributed by atoms with Crippen LogP contribution in [0.15, 0.2) is 0 Å². The highest BCUT2D eigenvalue weighted by Gasteiger charge is 2.50. The summed E-state index contributed by atoms with van der Waals surface area (Å²) in [6.07, 6.45) is 6.35. The first kappa shape index (κ1) is 21.9. The fourth-order valence-electron chi connectivity index (χ4n) is 5.32. The van der Waals surface area contributed by atoms with Crippen molar-refractivity contribution in [3.8, 4) is 6.07 Å². The second-order valence-electron chi connectivity index (χ2n) is 11.0. The van der Waals surface area contributed by atoms with Crippen molar-refractivity contribution >= 4 is 11.9 Å². The molecular formula is C23H33F2N5O2. The second-order valence-corrected chi connectivity index (χ2v) is 11.0. The van der Waals surface area contributed by atoms with Gasteiger partial charge in [0.1, 0.15) is 11.6 Å². The molecule has 2 saturated heterocycles. The third-order valence-electron chi connectivity index (χ3n) is 7.99. The first-order valence-corrected chi connectivity index (χ1v) is 12.1. The first-order chi connectivity index (χ1) is 15.2. The van der Waals surface area contributed by atoms with E-state index in [1.807, 2.05) is 6.07 Å². The molecule has 0 radical (unpaired) electrons. The third-order valence-corrected chi connectivity index (χ3v) is 7.99. The average Bonchev–Trinajstić information content (AvgIpc) is 3.58. The molecule has 1 atom stereocenters. The number of alkyl halides is 2. The summed E-state index contributed by atoms with van der Waals surface area (Å²) in [5.41, 5.74) is -0.822. The topological polar surface area (TPSA) is 88.5 Å². The van der Waals surface area contributed by atoms with E-state index in [1.165, 1.54) is 12.8 Å². The normalized spacial score (nSPS) is 27.2. The highest BCUT2D eigenvalue weighted by atomic mass is 19.3. The van der Waals surface area contributed by atoms with Gasteiger partial charge in [-0.25, -0.2) is 13.6 Å². The van der Waals surface area contributed by atoms with Crippen LogP contribution in [0, 0.1) is 22.7 Å². The zero-order chi connectivity index (χ0) is 22.6. The Morgan fingerprint density at radius 3 is 2.28 bits per heavy atom. The van der Waals surface area contributed by atoms with E-state index in [0.717, 1.165) is 44.8 Å². The predicted molar refractivity (Wildman–Crippen MR) is 113 cm³/mol. The fourth-order valence-corrected chi connectivity index (χ4v) is 5.32. The highest BCUT2D eigenvalue weighted by molar-refractivity contribution is 5.88. The van der Waals surface area contributed by atoms with E-state index < -0.39 is 35.9 Å². The molecule has 2 N–H and O–H groups in total. The van der Waals surface area contributed by atoms with Gasteiger partial charge in [0.25, 0.3) is 5.92 Å². The number of nitrogens with one attached hydrogen (secondary N) is 2. The summed E-state index contributed by atoms with van der Waals surface area (Å²) in [5, 5.41) is 14.4. The van der Waals surface area contributed by atoms with Crippen LogP contribution in [0.4, 0.5) is 13.6 Å². The zero-order valence-electron chi connectivity index (χ0n) is 18.5. The van der Waals surface area contributed by atoms with Crippen LogP contribution in [0.3, 0.4) is 0 Å². The number of urea groups is 1. The largest absolute Gasteiger partial charge is 0.336 e. The van der Waals surface area contributed by atoms with Gasteiger partial charge < -0.3 is 20.4 Å². The van der Waals surface area contributed by atoms with E-state index in [9.17, 15) is 23.6 Å². The molecule has 2 aliphatic heterocycles. The van der Waals surface area contributed by atoms with Crippen LogP contribution in [0.25, 0.3) is 0 Å². The second kappa shape index (κ2) is 7.82. The molecule has 5 rings (SSSR count). The fraction of sp³-hybridized carbons (Fsp3) is 0.870. The maximum atomic E-state index is 14.6. The van der Waals surface area contributed by atoms with E-state index in [0.29, 0.717) is 25.9 Å². The molecule has 2 heterocycles. The van der Waals surface area contributed by atoms with Crippen molar-refractivity contribution in [3.05, 3.63) is 0 Å². The summed E-state index contributed by atoms with van der Waals surface area (Å²) >= 11 is 0. The van der Waals surface area contributed by atoms with Crippen LogP contribution in [0.1, 0.15) is 64.2 Å². The van der Waals surface area contributed by atoms with Gasteiger partial charge in [0.05, 0.1) is 6.07 Å². The number of hydrogen-bond donors (Lipinski definition) is 2. The Bertz CT molecular complexity index is 800. The lowest BCUT2D eigenvalue weighted by Crippen LogP contribution is -2.65. The number of piperidine rings is 1. The van der Waals surface area contributed by atoms with Crippen LogP contribution in [-0.2, 0) is 4.79 Å². The molecule has 3 amide bonds. The van der Waals surface area contributed by atoms with Gasteiger partial charge in [-0.15, -0.1) is 0 Å². The van der Waals surface area contributed by atoms with Crippen LogP contribution in [0.5, 0.6) is 0 Å². The van der Waals surface area contributed by atoms with E-state index >= 15 is 0 Å². The van der Waals surface area contributed by atoms with E-state index in [-0.39, 0.29) is 17.8 Å². The molecule has 5 aliphatic rings. The Morgan fingerprint density at radius 1 is 1.09 bits per heavy atom. The van der Waals surface area contributed by atoms with Crippen molar-refractivity contribution in [1.29, 1.82) is 5.26 Å². The van der Waals surface area contributed by atoms with Crippen molar-refractivity contribution < 1.29 is 18.4 Å². The third kappa shape index (κ3) is 4.85. The lowest BCUT2D eigenvalue weighted by molar-refractivity contribution is -0.127.